The van der Waals surface area contributed by atoms with Crippen LogP contribution in [0.15, 0.2) is 24.3 Å². The van der Waals surface area contributed by atoms with E-state index in [1.165, 1.54) is 31.2 Å². The number of benzene rings is 1. The molecule has 0 aromatic heterocycles. The average Bonchev–Trinajstić information content (AvgIpc) is 2.67. The molecular formula is C12H16ClN. The van der Waals surface area contributed by atoms with Crippen molar-refractivity contribution in [3.63, 3.8) is 0 Å². The summed E-state index contributed by atoms with van der Waals surface area (Å²) >= 11 is 6.00. The first-order valence-electron chi connectivity index (χ1n) is 5.23. The predicted molar refractivity (Wildman–Crippen MR) is 60.7 cm³/mol. The van der Waals surface area contributed by atoms with Gasteiger partial charge in [-0.1, -0.05) is 36.6 Å². The van der Waals surface area contributed by atoms with Gasteiger partial charge >= 0.3 is 0 Å². The van der Waals surface area contributed by atoms with Gasteiger partial charge in [-0.3, -0.25) is 0 Å². The summed E-state index contributed by atoms with van der Waals surface area (Å²) in [6.07, 6.45) is 5.01. The van der Waals surface area contributed by atoms with E-state index in [1.807, 2.05) is 12.1 Å². The zero-order chi connectivity index (χ0) is 10.0. The smallest absolute Gasteiger partial charge is 0.0408 e. The summed E-state index contributed by atoms with van der Waals surface area (Å²) < 4.78 is 0. The zero-order valence-electron chi connectivity index (χ0n) is 8.30. The van der Waals surface area contributed by atoms with E-state index in [4.69, 9.17) is 17.3 Å². The van der Waals surface area contributed by atoms with Crippen molar-refractivity contribution in [3.05, 3.63) is 34.9 Å². The Morgan fingerprint density at radius 2 is 2.00 bits per heavy atom. The highest BCUT2D eigenvalue weighted by Gasteiger charge is 2.34. The van der Waals surface area contributed by atoms with E-state index in [1.54, 1.807) is 0 Å². The molecule has 2 heteroatoms. The van der Waals surface area contributed by atoms with Crippen LogP contribution in [0.1, 0.15) is 31.2 Å². The van der Waals surface area contributed by atoms with Crippen molar-refractivity contribution in [1.82, 2.24) is 0 Å². The van der Waals surface area contributed by atoms with Gasteiger partial charge in [0.1, 0.15) is 0 Å². The maximum absolute atomic E-state index is 6.00. The molecule has 1 aliphatic rings. The maximum Gasteiger partial charge on any atom is 0.0408 e. The van der Waals surface area contributed by atoms with Crippen LogP contribution >= 0.6 is 11.6 Å². The summed E-state index contributed by atoms with van der Waals surface area (Å²) in [5.41, 5.74) is 7.45. The second-order valence-corrected chi connectivity index (χ2v) is 4.64. The molecule has 0 unspecified atom stereocenters. The van der Waals surface area contributed by atoms with Crippen molar-refractivity contribution < 1.29 is 0 Å². The fourth-order valence-corrected chi connectivity index (χ4v) is 2.67. The van der Waals surface area contributed by atoms with Crippen LogP contribution in [0.25, 0.3) is 0 Å². The van der Waals surface area contributed by atoms with E-state index in [-0.39, 0.29) is 5.41 Å². The van der Waals surface area contributed by atoms with Gasteiger partial charge in [0.2, 0.25) is 0 Å². The van der Waals surface area contributed by atoms with Crippen LogP contribution in [0, 0.1) is 0 Å². The van der Waals surface area contributed by atoms with E-state index < -0.39 is 0 Å². The van der Waals surface area contributed by atoms with Gasteiger partial charge < -0.3 is 5.73 Å². The molecule has 2 rings (SSSR count). The van der Waals surface area contributed by atoms with Gasteiger partial charge in [-0.25, -0.2) is 0 Å². The van der Waals surface area contributed by atoms with Gasteiger partial charge in [-0.2, -0.15) is 0 Å². The molecule has 1 aromatic rings. The highest BCUT2D eigenvalue weighted by Crippen LogP contribution is 2.40. The third-order valence-corrected chi connectivity index (χ3v) is 3.62. The zero-order valence-corrected chi connectivity index (χ0v) is 9.06. The molecule has 1 aliphatic carbocycles. The maximum atomic E-state index is 6.00. The molecule has 1 fully saturated rings. The lowest BCUT2D eigenvalue weighted by Crippen LogP contribution is -2.31. The van der Waals surface area contributed by atoms with E-state index in [9.17, 15) is 0 Å². The monoisotopic (exact) mass is 209 g/mol. The average molecular weight is 210 g/mol. The van der Waals surface area contributed by atoms with Crippen molar-refractivity contribution in [2.45, 2.75) is 31.1 Å². The first-order chi connectivity index (χ1) is 6.77. The Kier molecular flexibility index (Phi) is 2.80. The lowest BCUT2D eigenvalue weighted by atomic mass is 9.79. The lowest BCUT2D eigenvalue weighted by molar-refractivity contribution is 0.453. The van der Waals surface area contributed by atoms with Gasteiger partial charge in [-0.15, -0.1) is 0 Å². The molecular weight excluding hydrogens is 194 g/mol. The summed E-state index contributed by atoms with van der Waals surface area (Å²) in [5, 5.41) is 0.822. The van der Waals surface area contributed by atoms with Gasteiger partial charge in [0.15, 0.2) is 0 Å². The van der Waals surface area contributed by atoms with Crippen molar-refractivity contribution in [1.29, 1.82) is 0 Å². The number of halogens is 1. The fourth-order valence-electron chi connectivity index (χ4n) is 2.48. The molecule has 2 N–H and O–H groups in total. The Labute approximate surface area is 90.3 Å². The Morgan fingerprint density at radius 1 is 1.29 bits per heavy atom. The van der Waals surface area contributed by atoms with Crippen LogP contribution in [0.4, 0.5) is 0 Å². The van der Waals surface area contributed by atoms with Crippen LogP contribution in [-0.2, 0) is 5.41 Å². The first kappa shape index (κ1) is 10.0. The largest absolute Gasteiger partial charge is 0.330 e. The van der Waals surface area contributed by atoms with Crippen LogP contribution in [0.2, 0.25) is 5.02 Å². The minimum Gasteiger partial charge on any atom is -0.330 e. The van der Waals surface area contributed by atoms with Crippen molar-refractivity contribution in [2.24, 2.45) is 5.73 Å². The SMILES string of the molecule is NCC1(c2cccc(Cl)c2)CCCC1. The Hall–Kier alpha value is -0.530. The molecule has 0 bridgehead atoms. The second kappa shape index (κ2) is 3.92. The summed E-state index contributed by atoms with van der Waals surface area (Å²) in [7, 11) is 0. The number of hydrogen-bond donors (Lipinski definition) is 1. The van der Waals surface area contributed by atoms with E-state index in [0.717, 1.165) is 11.6 Å². The molecule has 0 saturated heterocycles. The molecule has 1 saturated carbocycles. The van der Waals surface area contributed by atoms with Crippen LogP contribution in [0.3, 0.4) is 0 Å². The normalized spacial score (nSPS) is 19.9. The molecule has 0 atom stereocenters. The van der Waals surface area contributed by atoms with Crippen molar-refractivity contribution in [2.75, 3.05) is 6.54 Å². The summed E-state index contributed by atoms with van der Waals surface area (Å²) in [6, 6.07) is 8.17. The van der Waals surface area contributed by atoms with E-state index in [0.29, 0.717) is 0 Å². The Balaban J connectivity index is 2.35. The number of hydrogen-bond acceptors (Lipinski definition) is 1. The van der Waals surface area contributed by atoms with E-state index in [2.05, 4.69) is 12.1 Å². The molecule has 76 valence electrons. The molecule has 0 aliphatic heterocycles. The topological polar surface area (TPSA) is 26.0 Å². The van der Waals surface area contributed by atoms with Crippen LogP contribution in [0.5, 0.6) is 0 Å². The molecule has 1 nitrogen and oxygen atoms in total. The lowest BCUT2D eigenvalue weighted by Gasteiger charge is -2.27. The minimum atomic E-state index is 0.213. The Morgan fingerprint density at radius 3 is 2.57 bits per heavy atom. The molecule has 14 heavy (non-hydrogen) atoms. The van der Waals surface area contributed by atoms with E-state index >= 15 is 0 Å². The van der Waals surface area contributed by atoms with Gasteiger partial charge in [0, 0.05) is 17.0 Å². The summed E-state index contributed by atoms with van der Waals surface area (Å²) in [6.45, 7) is 0.743. The second-order valence-electron chi connectivity index (χ2n) is 4.20. The van der Waals surface area contributed by atoms with Gasteiger partial charge in [-0.05, 0) is 30.5 Å². The molecule has 0 amide bonds. The van der Waals surface area contributed by atoms with Crippen LogP contribution < -0.4 is 5.73 Å². The van der Waals surface area contributed by atoms with Crippen molar-refractivity contribution >= 4 is 11.6 Å². The fraction of sp³-hybridized carbons (Fsp3) is 0.500. The number of nitrogens with two attached hydrogens (primary N) is 1. The minimum absolute atomic E-state index is 0.213. The summed E-state index contributed by atoms with van der Waals surface area (Å²) in [4.78, 5) is 0. The quantitative estimate of drug-likeness (QED) is 0.796. The van der Waals surface area contributed by atoms with Crippen LogP contribution in [-0.4, -0.2) is 6.54 Å². The first-order valence-corrected chi connectivity index (χ1v) is 5.61. The summed E-state index contributed by atoms with van der Waals surface area (Å²) in [5.74, 6) is 0. The van der Waals surface area contributed by atoms with Crippen molar-refractivity contribution in [3.8, 4) is 0 Å². The Bertz CT molecular complexity index is 316. The van der Waals surface area contributed by atoms with Gasteiger partial charge in [0.25, 0.3) is 0 Å². The molecule has 0 spiro atoms. The number of rotatable bonds is 2. The standard InChI is InChI=1S/C12H16ClN/c13-11-5-3-4-10(8-11)12(9-14)6-1-2-7-12/h3-5,8H,1-2,6-7,9,14H2. The third kappa shape index (κ3) is 1.67. The molecule has 1 aromatic carbocycles. The highest BCUT2D eigenvalue weighted by molar-refractivity contribution is 6.30. The molecule has 0 radical (unpaired) electrons. The van der Waals surface area contributed by atoms with Gasteiger partial charge in [0.05, 0.1) is 0 Å². The highest BCUT2D eigenvalue weighted by atomic mass is 35.5. The third-order valence-electron chi connectivity index (χ3n) is 3.39. The predicted octanol–water partition coefficient (Wildman–Crippen LogP) is 3.11. The molecule has 0 heterocycles.